The molecule has 0 unspecified atom stereocenters. The van der Waals surface area contributed by atoms with Gasteiger partial charge in [-0.25, -0.2) is 8.78 Å². The van der Waals surface area contributed by atoms with E-state index in [-0.39, 0.29) is 16.9 Å². The van der Waals surface area contributed by atoms with Crippen molar-refractivity contribution in [3.63, 3.8) is 0 Å². The molecule has 0 aliphatic heterocycles. The van der Waals surface area contributed by atoms with Crippen LogP contribution in [-0.2, 0) is 0 Å². The maximum atomic E-state index is 13.4. The highest BCUT2D eigenvalue weighted by molar-refractivity contribution is 6.07. The van der Waals surface area contributed by atoms with Crippen LogP contribution < -0.4 is 15.8 Å². The molecule has 0 atom stereocenters. The predicted molar refractivity (Wildman–Crippen MR) is 71.7 cm³/mol. The number of hydrogen-bond donors (Lipinski definition) is 2. The third-order valence-corrected chi connectivity index (χ3v) is 2.68. The summed E-state index contributed by atoms with van der Waals surface area (Å²) in [5, 5.41) is 2.33. The van der Waals surface area contributed by atoms with Gasteiger partial charge in [0, 0.05) is 17.8 Å². The van der Waals surface area contributed by atoms with E-state index in [1.54, 1.807) is 6.07 Å². The van der Waals surface area contributed by atoms with Crippen molar-refractivity contribution in [2.24, 2.45) is 0 Å². The van der Waals surface area contributed by atoms with Crippen molar-refractivity contribution in [1.29, 1.82) is 0 Å². The van der Waals surface area contributed by atoms with E-state index in [2.05, 4.69) is 5.32 Å². The maximum Gasteiger partial charge on any atom is 0.257 e. The zero-order chi connectivity index (χ0) is 14.7. The number of anilines is 2. The molecule has 104 valence electrons. The molecule has 0 bridgehead atoms. The van der Waals surface area contributed by atoms with E-state index in [1.807, 2.05) is 0 Å². The minimum absolute atomic E-state index is 0.119. The Labute approximate surface area is 114 Å². The molecule has 3 N–H and O–H groups in total. The summed E-state index contributed by atoms with van der Waals surface area (Å²) in [4.78, 5) is 12.0. The molecule has 2 aromatic carbocycles. The Morgan fingerprint density at radius 1 is 1.20 bits per heavy atom. The standard InChI is InChI=1S/C14H12F2N2O2/c1-20-9-3-4-10(12(17)7-9)14(19)18-13-5-2-8(15)6-11(13)16/h2-7H,17H2,1H3,(H,18,19). The van der Waals surface area contributed by atoms with Crippen LogP contribution in [0.15, 0.2) is 36.4 Å². The average molecular weight is 278 g/mol. The number of amides is 1. The summed E-state index contributed by atoms with van der Waals surface area (Å²) < 4.78 is 31.2. The monoisotopic (exact) mass is 278 g/mol. The zero-order valence-electron chi connectivity index (χ0n) is 10.6. The highest BCUT2D eigenvalue weighted by Gasteiger charge is 2.13. The molecular weight excluding hydrogens is 266 g/mol. The second-order valence-corrected chi connectivity index (χ2v) is 4.03. The molecule has 1 amide bonds. The van der Waals surface area contributed by atoms with Gasteiger partial charge < -0.3 is 15.8 Å². The van der Waals surface area contributed by atoms with Crippen molar-refractivity contribution in [3.05, 3.63) is 53.6 Å². The summed E-state index contributed by atoms with van der Waals surface area (Å²) in [7, 11) is 1.47. The number of benzene rings is 2. The van der Waals surface area contributed by atoms with Gasteiger partial charge in [-0.05, 0) is 24.3 Å². The molecule has 2 rings (SSSR count). The maximum absolute atomic E-state index is 13.4. The fourth-order valence-corrected chi connectivity index (χ4v) is 1.66. The minimum atomic E-state index is -0.856. The molecular formula is C14H12F2N2O2. The highest BCUT2D eigenvalue weighted by atomic mass is 19.1. The number of ether oxygens (including phenoxy) is 1. The minimum Gasteiger partial charge on any atom is -0.497 e. The van der Waals surface area contributed by atoms with Crippen LogP contribution in [0.1, 0.15) is 10.4 Å². The van der Waals surface area contributed by atoms with Crippen LogP contribution in [0.3, 0.4) is 0 Å². The van der Waals surface area contributed by atoms with E-state index in [1.165, 1.54) is 19.2 Å². The van der Waals surface area contributed by atoms with Crippen molar-refractivity contribution >= 4 is 17.3 Å². The first kappa shape index (κ1) is 13.8. The number of rotatable bonds is 3. The molecule has 0 aliphatic carbocycles. The topological polar surface area (TPSA) is 64.3 Å². The van der Waals surface area contributed by atoms with Gasteiger partial charge in [0.1, 0.15) is 17.4 Å². The number of carbonyl (C=O) groups excluding carboxylic acids is 1. The van der Waals surface area contributed by atoms with E-state index >= 15 is 0 Å². The summed E-state index contributed by atoms with van der Waals surface area (Å²) in [6.07, 6.45) is 0. The van der Waals surface area contributed by atoms with Gasteiger partial charge in [-0.1, -0.05) is 0 Å². The van der Waals surface area contributed by atoms with E-state index in [0.29, 0.717) is 11.8 Å². The van der Waals surface area contributed by atoms with Crippen LogP contribution >= 0.6 is 0 Å². The third-order valence-electron chi connectivity index (χ3n) is 2.68. The van der Waals surface area contributed by atoms with E-state index in [4.69, 9.17) is 10.5 Å². The van der Waals surface area contributed by atoms with Gasteiger partial charge in [-0.3, -0.25) is 4.79 Å². The number of nitrogens with two attached hydrogens (primary N) is 1. The third kappa shape index (κ3) is 2.85. The first-order valence-electron chi connectivity index (χ1n) is 5.71. The quantitative estimate of drug-likeness (QED) is 0.848. The summed E-state index contributed by atoms with van der Waals surface area (Å²) in [6, 6.07) is 7.39. The van der Waals surface area contributed by atoms with Crippen molar-refractivity contribution < 1.29 is 18.3 Å². The molecule has 0 spiro atoms. The molecule has 20 heavy (non-hydrogen) atoms. The lowest BCUT2D eigenvalue weighted by Gasteiger charge is -2.09. The van der Waals surface area contributed by atoms with Gasteiger partial charge in [0.25, 0.3) is 5.91 Å². The van der Waals surface area contributed by atoms with Crippen LogP contribution in [-0.4, -0.2) is 13.0 Å². The fourth-order valence-electron chi connectivity index (χ4n) is 1.66. The van der Waals surface area contributed by atoms with E-state index < -0.39 is 17.5 Å². The molecule has 0 heterocycles. The average Bonchev–Trinajstić information content (AvgIpc) is 2.41. The summed E-state index contributed by atoms with van der Waals surface area (Å²) >= 11 is 0. The van der Waals surface area contributed by atoms with Crippen LogP contribution in [0.2, 0.25) is 0 Å². The normalized spacial score (nSPS) is 10.2. The number of nitrogens with one attached hydrogen (secondary N) is 1. The number of hydrogen-bond acceptors (Lipinski definition) is 3. The van der Waals surface area contributed by atoms with Gasteiger partial charge in [0.15, 0.2) is 0 Å². The van der Waals surface area contributed by atoms with Gasteiger partial charge >= 0.3 is 0 Å². The van der Waals surface area contributed by atoms with Crippen LogP contribution in [0.4, 0.5) is 20.2 Å². The van der Waals surface area contributed by atoms with Crippen molar-refractivity contribution in [3.8, 4) is 5.75 Å². The molecule has 0 fully saturated rings. The first-order chi connectivity index (χ1) is 9.51. The Kier molecular flexibility index (Phi) is 3.84. The fraction of sp³-hybridized carbons (Fsp3) is 0.0714. The lowest BCUT2D eigenvalue weighted by molar-refractivity contribution is 0.102. The number of methoxy groups -OCH3 is 1. The Morgan fingerprint density at radius 3 is 2.55 bits per heavy atom. The Balaban J connectivity index is 2.24. The van der Waals surface area contributed by atoms with Crippen molar-refractivity contribution in [1.82, 2.24) is 0 Å². The van der Waals surface area contributed by atoms with Gasteiger partial charge in [-0.2, -0.15) is 0 Å². The Bertz CT molecular complexity index is 660. The Morgan fingerprint density at radius 2 is 1.95 bits per heavy atom. The molecule has 2 aromatic rings. The van der Waals surface area contributed by atoms with Gasteiger partial charge in [0.05, 0.1) is 18.4 Å². The summed E-state index contributed by atoms with van der Waals surface area (Å²) in [5.41, 5.74) is 5.97. The van der Waals surface area contributed by atoms with E-state index in [9.17, 15) is 13.6 Å². The lowest BCUT2D eigenvalue weighted by Crippen LogP contribution is -2.15. The van der Waals surface area contributed by atoms with Gasteiger partial charge in [0.2, 0.25) is 0 Å². The molecule has 0 saturated heterocycles. The summed E-state index contributed by atoms with van der Waals surface area (Å²) in [6.45, 7) is 0. The smallest absolute Gasteiger partial charge is 0.257 e. The molecule has 0 aromatic heterocycles. The molecule has 0 saturated carbocycles. The SMILES string of the molecule is COc1ccc(C(=O)Nc2ccc(F)cc2F)c(N)c1. The molecule has 4 nitrogen and oxygen atoms in total. The van der Waals surface area contributed by atoms with E-state index in [0.717, 1.165) is 12.1 Å². The number of nitrogen functional groups attached to an aromatic ring is 1. The molecule has 0 aliphatic rings. The second-order valence-electron chi connectivity index (χ2n) is 4.03. The number of carbonyl (C=O) groups is 1. The zero-order valence-corrected chi connectivity index (χ0v) is 10.6. The number of halogens is 2. The van der Waals surface area contributed by atoms with Crippen molar-refractivity contribution in [2.45, 2.75) is 0 Å². The highest BCUT2D eigenvalue weighted by Crippen LogP contribution is 2.22. The summed E-state index contributed by atoms with van der Waals surface area (Å²) in [5.74, 6) is -1.66. The first-order valence-corrected chi connectivity index (χ1v) is 5.71. The predicted octanol–water partition coefficient (Wildman–Crippen LogP) is 2.81. The lowest BCUT2D eigenvalue weighted by atomic mass is 10.1. The second kappa shape index (κ2) is 5.56. The van der Waals surface area contributed by atoms with Gasteiger partial charge in [-0.15, -0.1) is 0 Å². The van der Waals surface area contributed by atoms with Crippen LogP contribution in [0.25, 0.3) is 0 Å². The Hall–Kier alpha value is -2.63. The van der Waals surface area contributed by atoms with Crippen LogP contribution in [0.5, 0.6) is 5.75 Å². The molecule has 0 radical (unpaired) electrons. The largest absolute Gasteiger partial charge is 0.497 e. The molecule has 6 heteroatoms. The van der Waals surface area contributed by atoms with Crippen molar-refractivity contribution in [2.75, 3.05) is 18.2 Å². The van der Waals surface area contributed by atoms with Crippen LogP contribution in [0, 0.1) is 11.6 Å².